The Bertz CT molecular complexity index is 441. The minimum absolute atomic E-state index is 0.328. The summed E-state index contributed by atoms with van der Waals surface area (Å²) in [5.41, 5.74) is 0. The first-order chi connectivity index (χ1) is 9.15. The molecular formula is C14H17F2NO2. The molecule has 0 aromatic heterocycles. The number of Topliss-reactive ketones (excluding diaryl/α,β-unsaturated/α-hetero) is 1. The topological polar surface area (TPSA) is 29.5 Å². The van der Waals surface area contributed by atoms with Crippen LogP contribution in [0.25, 0.3) is 0 Å². The second-order valence-electron chi connectivity index (χ2n) is 4.66. The average Bonchev–Trinajstić information content (AvgIpc) is 2.41. The number of benzene rings is 1. The van der Waals surface area contributed by atoms with Gasteiger partial charge < -0.3 is 9.64 Å². The molecule has 3 nitrogen and oxygen atoms in total. The number of carbonyl (C=O) groups is 1. The third kappa shape index (κ3) is 4.28. The lowest BCUT2D eigenvalue weighted by atomic mass is 10.1. The summed E-state index contributed by atoms with van der Waals surface area (Å²) in [4.78, 5) is 13.3. The highest BCUT2D eigenvalue weighted by Crippen LogP contribution is 2.15. The molecule has 5 heteroatoms. The SMILES string of the molecule is O=C1CCN(CCCOc2ccc(F)c(F)c2)CC1. The van der Waals surface area contributed by atoms with Crippen LogP contribution in [0.1, 0.15) is 19.3 Å². The summed E-state index contributed by atoms with van der Waals surface area (Å²) in [7, 11) is 0. The van der Waals surface area contributed by atoms with Crippen LogP contribution in [0.2, 0.25) is 0 Å². The number of halogens is 2. The lowest BCUT2D eigenvalue weighted by Crippen LogP contribution is -2.35. The third-order valence-electron chi connectivity index (χ3n) is 3.19. The smallest absolute Gasteiger partial charge is 0.162 e. The lowest BCUT2D eigenvalue weighted by molar-refractivity contribution is -0.121. The molecule has 0 unspecified atom stereocenters. The van der Waals surface area contributed by atoms with E-state index in [0.717, 1.165) is 38.2 Å². The van der Waals surface area contributed by atoms with E-state index in [9.17, 15) is 13.6 Å². The zero-order chi connectivity index (χ0) is 13.7. The van der Waals surface area contributed by atoms with Crippen LogP contribution in [-0.2, 0) is 4.79 Å². The molecule has 1 aromatic carbocycles. The summed E-state index contributed by atoms with van der Waals surface area (Å²) < 4.78 is 31.0. The minimum atomic E-state index is -0.896. The van der Waals surface area contributed by atoms with Gasteiger partial charge in [-0.25, -0.2) is 8.78 Å². The molecule has 1 aliphatic heterocycles. The van der Waals surface area contributed by atoms with Crippen LogP contribution in [0.15, 0.2) is 18.2 Å². The Balaban J connectivity index is 1.66. The fourth-order valence-corrected chi connectivity index (χ4v) is 2.07. The van der Waals surface area contributed by atoms with Gasteiger partial charge in [-0.05, 0) is 18.6 Å². The van der Waals surface area contributed by atoms with Crippen molar-refractivity contribution in [3.63, 3.8) is 0 Å². The van der Waals surface area contributed by atoms with Gasteiger partial charge in [0.05, 0.1) is 6.61 Å². The number of hydrogen-bond acceptors (Lipinski definition) is 3. The van der Waals surface area contributed by atoms with Gasteiger partial charge >= 0.3 is 0 Å². The molecular weight excluding hydrogens is 252 g/mol. The number of nitrogens with zero attached hydrogens (tertiary/aromatic N) is 1. The summed E-state index contributed by atoms with van der Waals surface area (Å²) in [5, 5.41) is 0. The van der Waals surface area contributed by atoms with Crippen LogP contribution >= 0.6 is 0 Å². The van der Waals surface area contributed by atoms with E-state index in [1.165, 1.54) is 6.07 Å². The predicted octanol–water partition coefficient (Wildman–Crippen LogP) is 2.40. The zero-order valence-corrected chi connectivity index (χ0v) is 10.7. The molecule has 1 aromatic rings. The lowest BCUT2D eigenvalue weighted by Gasteiger charge is -2.25. The largest absolute Gasteiger partial charge is 0.493 e. The number of hydrogen-bond donors (Lipinski definition) is 0. The molecule has 1 fully saturated rings. The molecule has 0 aliphatic carbocycles. The highest BCUT2D eigenvalue weighted by molar-refractivity contribution is 5.79. The Morgan fingerprint density at radius 1 is 1.16 bits per heavy atom. The Morgan fingerprint density at radius 3 is 2.58 bits per heavy atom. The van der Waals surface area contributed by atoms with Gasteiger partial charge in [0.1, 0.15) is 11.5 Å². The van der Waals surface area contributed by atoms with E-state index in [0.29, 0.717) is 31.0 Å². The second-order valence-corrected chi connectivity index (χ2v) is 4.66. The molecule has 0 atom stereocenters. The van der Waals surface area contributed by atoms with Crippen LogP contribution in [0.3, 0.4) is 0 Å². The monoisotopic (exact) mass is 269 g/mol. The van der Waals surface area contributed by atoms with Crippen LogP contribution in [0.4, 0.5) is 8.78 Å². The summed E-state index contributed by atoms with van der Waals surface area (Å²) >= 11 is 0. The van der Waals surface area contributed by atoms with Gasteiger partial charge in [0.2, 0.25) is 0 Å². The standard InChI is InChI=1S/C14H17F2NO2/c15-13-3-2-12(10-14(13)16)19-9-1-6-17-7-4-11(18)5-8-17/h2-3,10H,1,4-9H2. The Hall–Kier alpha value is -1.49. The molecule has 0 spiro atoms. The van der Waals surface area contributed by atoms with Crippen molar-refractivity contribution in [3.8, 4) is 5.75 Å². The van der Waals surface area contributed by atoms with E-state index in [-0.39, 0.29) is 0 Å². The fourth-order valence-electron chi connectivity index (χ4n) is 2.07. The maximum absolute atomic E-state index is 12.9. The van der Waals surface area contributed by atoms with Gasteiger partial charge in [0.15, 0.2) is 11.6 Å². The minimum Gasteiger partial charge on any atom is -0.493 e. The number of likely N-dealkylation sites (tertiary alicyclic amines) is 1. The van der Waals surface area contributed by atoms with Crippen molar-refractivity contribution < 1.29 is 18.3 Å². The molecule has 0 radical (unpaired) electrons. The van der Waals surface area contributed by atoms with E-state index in [1.54, 1.807) is 0 Å². The summed E-state index contributed by atoms with van der Waals surface area (Å²) in [6.45, 7) is 2.93. The van der Waals surface area contributed by atoms with Crippen LogP contribution in [0, 0.1) is 11.6 Å². The van der Waals surface area contributed by atoms with Crippen molar-refractivity contribution in [3.05, 3.63) is 29.8 Å². The number of ketones is 1. The van der Waals surface area contributed by atoms with Crippen LogP contribution < -0.4 is 4.74 Å². The summed E-state index contributed by atoms with van der Waals surface area (Å²) in [6, 6.07) is 3.52. The zero-order valence-electron chi connectivity index (χ0n) is 10.7. The molecule has 104 valence electrons. The highest BCUT2D eigenvalue weighted by atomic mass is 19.2. The second kappa shape index (κ2) is 6.61. The molecule has 0 bridgehead atoms. The first kappa shape index (κ1) is 13.9. The maximum Gasteiger partial charge on any atom is 0.162 e. The van der Waals surface area contributed by atoms with Crippen LogP contribution in [0.5, 0.6) is 5.75 Å². The highest BCUT2D eigenvalue weighted by Gasteiger charge is 2.15. The van der Waals surface area contributed by atoms with Gasteiger partial charge in [-0.3, -0.25) is 4.79 Å². The fraction of sp³-hybridized carbons (Fsp3) is 0.500. The third-order valence-corrected chi connectivity index (χ3v) is 3.19. The molecule has 0 saturated carbocycles. The predicted molar refractivity (Wildman–Crippen MR) is 67.2 cm³/mol. The molecule has 2 rings (SSSR count). The molecule has 1 saturated heterocycles. The molecule has 0 N–H and O–H groups in total. The Labute approximate surface area is 111 Å². The number of carbonyl (C=O) groups excluding carboxylic acids is 1. The van der Waals surface area contributed by atoms with E-state index in [2.05, 4.69) is 4.90 Å². The van der Waals surface area contributed by atoms with Crippen molar-refractivity contribution in [2.75, 3.05) is 26.2 Å². The number of rotatable bonds is 5. The Kier molecular flexibility index (Phi) is 4.85. The van der Waals surface area contributed by atoms with Crippen molar-refractivity contribution in [1.29, 1.82) is 0 Å². The van der Waals surface area contributed by atoms with Crippen molar-refractivity contribution in [1.82, 2.24) is 4.90 Å². The number of ether oxygens (including phenoxy) is 1. The maximum atomic E-state index is 12.9. The summed E-state index contributed by atoms with van der Waals surface area (Å²) in [6.07, 6.45) is 2.06. The van der Waals surface area contributed by atoms with Crippen molar-refractivity contribution in [2.24, 2.45) is 0 Å². The van der Waals surface area contributed by atoms with Crippen LogP contribution in [-0.4, -0.2) is 36.9 Å². The first-order valence-electron chi connectivity index (χ1n) is 6.47. The molecule has 0 amide bonds. The average molecular weight is 269 g/mol. The number of piperidine rings is 1. The van der Waals surface area contributed by atoms with Gasteiger partial charge in [0, 0.05) is 38.5 Å². The van der Waals surface area contributed by atoms with Gasteiger partial charge in [-0.1, -0.05) is 0 Å². The van der Waals surface area contributed by atoms with E-state index < -0.39 is 11.6 Å². The van der Waals surface area contributed by atoms with Crippen molar-refractivity contribution in [2.45, 2.75) is 19.3 Å². The van der Waals surface area contributed by atoms with Gasteiger partial charge in [0.25, 0.3) is 0 Å². The normalized spacial score (nSPS) is 16.6. The molecule has 19 heavy (non-hydrogen) atoms. The first-order valence-corrected chi connectivity index (χ1v) is 6.47. The van der Waals surface area contributed by atoms with E-state index in [1.807, 2.05) is 0 Å². The Morgan fingerprint density at radius 2 is 1.89 bits per heavy atom. The molecule has 1 aliphatic rings. The summed E-state index contributed by atoms with van der Waals surface area (Å²) in [5.74, 6) is -1.10. The van der Waals surface area contributed by atoms with E-state index >= 15 is 0 Å². The van der Waals surface area contributed by atoms with Gasteiger partial charge in [-0.15, -0.1) is 0 Å². The quantitative estimate of drug-likeness (QED) is 0.769. The van der Waals surface area contributed by atoms with Crippen molar-refractivity contribution >= 4 is 5.78 Å². The van der Waals surface area contributed by atoms with E-state index in [4.69, 9.17) is 4.74 Å². The molecule has 1 heterocycles. The van der Waals surface area contributed by atoms with Gasteiger partial charge in [-0.2, -0.15) is 0 Å².